The number of hydrazone groups is 2. The van der Waals surface area contributed by atoms with E-state index in [1.807, 2.05) is 111 Å². The zero-order valence-corrected chi connectivity index (χ0v) is 66.5. The Bertz CT molecular complexity index is 5770. The van der Waals surface area contributed by atoms with Crippen LogP contribution in [-0.2, 0) is 24.2 Å². The fourth-order valence-corrected chi connectivity index (χ4v) is 14.7. The molecular formula is C83H67BrCl6N14O5S. The van der Waals surface area contributed by atoms with Gasteiger partial charge in [-0.3, -0.25) is 39.9 Å². The number of esters is 1. The third kappa shape index (κ3) is 20.3. The smallest absolute Gasteiger partial charge is 0.308 e. The molecule has 0 unspecified atom stereocenters. The second kappa shape index (κ2) is 38.5. The zero-order chi connectivity index (χ0) is 77.8. The number of aromatic nitrogens is 9. The molecular weight excluding hydrogens is 1600 g/mol. The zero-order valence-electron chi connectivity index (χ0n) is 59.5. The third-order valence-electron chi connectivity index (χ3n) is 16.9. The highest BCUT2D eigenvalue weighted by molar-refractivity contribution is 9.10. The van der Waals surface area contributed by atoms with Crippen molar-refractivity contribution < 1.29 is 24.5 Å². The Morgan fingerprint density at radius 1 is 0.600 bits per heavy atom. The number of thiophene rings is 1. The maximum absolute atomic E-state index is 11.9. The third-order valence-corrected chi connectivity index (χ3v) is 20.6. The molecule has 15 aromatic rings. The van der Waals surface area contributed by atoms with Crippen LogP contribution in [0, 0.1) is 20.8 Å². The molecule has 0 fully saturated rings. The lowest BCUT2D eigenvalue weighted by Gasteiger charge is -2.20. The average Bonchev–Trinajstić information content (AvgIpc) is 1.64. The second-order valence-corrected chi connectivity index (χ2v) is 28.8. The quantitative estimate of drug-likeness (QED) is 0.0406. The Kier molecular flexibility index (Phi) is 28.0. The van der Waals surface area contributed by atoms with Crippen LogP contribution in [0.1, 0.15) is 74.1 Å². The molecule has 0 atom stereocenters. The van der Waals surface area contributed by atoms with Gasteiger partial charge in [0.25, 0.3) is 5.91 Å². The number of halogens is 7. The van der Waals surface area contributed by atoms with Crippen molar-refractivity contribution in [2.24, 2.45) is 10.2 Å². The summed E-state index contributed by atoms with van der Waals surface area (Å²) in [5.41, 5.74) is 16.2. The van der Waals surface area contributed by atoms with Crippen LogP contribution in [0.3, 0.4) is 0 Å². The summed E-state index contributed by atoms with van der Waals surface area (Å²) in [6.45, 7) is 8.02. The Balaban J connectivity index is 0.000000133. The summed E-state index contributed by atoms with van der Waals surface area (Å²) < 4.78 is 5.58. The van der Waals surface area contributed by atoms with Gasteiger partial charge in [0, 0.05) is 89.9 Å². The van der Waals surface area contributed by atoms with Gasteiger partial charge in [0.15, 0.2) is 34.7 Å². The molecule has 0 saturated heterocycles. The summed E-state index contributed by atoms with van der Waals surface area (Å²) >= 11 is 40.9. The van der Waals surface area contributed by atoms with E-state index in [-0.39, 0.29) is 33.2 Å². The Morgan fingerprint density at radius 3 is 1.92 bits per heavy atom. The van der Waals surface area contributed by atoms with Gasteiger partial charge < -0.3 is 19.8 Å². The van der Waals surface area contributed by atoms with Crippen molar-refractivity contribution in [1.29, 1.82) is 0 Å². The van der Waals surface area contributed by atoms with Crippen molar-refractivity contribution >= 4 is 187 Å². The Morgan fingerprint density at radius 2 is 1.22 bits per heavy atom. The molecule has 8 heterocycles. The van der Waals surface area contributed by atoms with Crippen molar-refractivity contribution in [1.82, 2.24) is 50.3 Å². The molecule has 8 aromatic heterocycles. The number of phenols is 2. The Labute approximate surface area is 675 Å². The molecule has 110 heavy (non-hydrogen) atoms. The van der Waals surface area contributed by atoms with Gasteiger partial charge in [0.05, 0.1) is 53.1 Å². The highest BCUT2D eigenvalue weighted by Crippen LogP contribution is 2.41. The molecule has 19 nitrogen and oxygen atoms in total. The largest absolute Gasteiger partial charge is 0.505 e. The number of benzene rings is 7. The summed E-state index contributed by atoms with van der Waals surface area (Å²) in [4.78, 5) is 65.7. The normalized spacial score (nSPS) is 11.4. The number of ether oxygens (including phenoxy) is 1. The minimum Gasteiger partial charge on any atom is -0.505 e. The van der Waals surface area contributed by atoms with Crippen molar-refractivity contribution in [3.8, 4) is 28.8 Å². The molecule has 0 bridgehead atoms. The van der Waals surface area contributed by atoms with Crippen LogP contribution in [0.5, 0.6) is 17.2 Å². The summed E-state index contributed by atoms with van der Waals surface area (Å²) in [6, 6.07) is 55.0. The molecule has 4 N–H and O–H groups in total. The number of fused-ring (bicyclic) bond motifs is 7. The molecule has 16 rings (SSSR count). The van der Waals surface area contributed by atoms with Gasteiger partial charge in [-0.2, -0.15) is 10.2 Å². The van der Waals surface area contributed by atoms with Gasteiger partial charge in [-0.1, -0.05) is 167 Å². The van der Waals surface area contributed by atoms with E-state index in [2.05, 4.69) is 125 Å². The number of amides is 1. The van der Waals surface area contributed by atoms with Crippen LogP contribution in [0.25, 0.3) is 65.2 Å². The highest BCUT2D eigenvalue weighted by Gasteiger charge is 2.21. The van der Waals surface area contributed by atoms with E-state index in [0.29, 0.717) is 69.1 Å². The standard InChI is InChI=1S/C18H17ClN4.C18H18N4S.C18H15N3O.C11H7Cl2NO2.C9H5BrClNO.C9H5Cl2NO/c1-13-16(19)18(23(2)12-14-8-4-3-5-9-14)22-17(21-13)15-10-6-7-11-20-15;1-12-6-2-3-7-13(12)10-21-22-17-16-14-8-4-5-9-15(14)23-18(16)20-11-19-17;1-13-6-7-14-4-2-3-5-16(14)17(13)12-20-21-18(22)15-8-10-19-11-9-15;1-6(15)16-11-9(13)5-8(12)7-3-2-4-14-10(7)11;10-6-4-7(11)5-2-1-3-12-8(5)9(6)13;10-6-4-7(11)9(13)8-5(6)2-1-3-12-8/h3-11H,12H2,1-2H3;2-3,6-7,10-11H,4-5,8-9H2,1H3,(H,19,20,22);2-12H,1H3,(H,21,22);2-5H,1H3;2*1-4,13H/b;21-10+;20-12+;;;. The number of nitrogens with one attached hydrogen (secondary N) is 2. The van der Waals surface area contributed by atoms with Crippen molar-refractivity contribution in [3.63, 3.8) is 0 Å². The Hall–Kier alpha value is -10.9. The first-order valence-corrected chi connectivity index (χ1v) is 37.9. The van der Waals surface area contributed by atoms with E-state index in [1.165, 1.54) is 59.9 Å². The molecule has 1 aliphatic carbocycles. The summed E-state index contributed by atoms with van der Waals surface area (Å²) in [6.07, 6.45) is 19.6. The van der Waals surface area contributed by atoms with Gasteiger partial charge in [0.1, 0.15) is 38.4 Å². The van der Waals surface area contributed by atoms with E-state index in [0.717, 1.165) is 73.2 Å². The topological polar surface area (TPSA) is 252 Å². The van der Waals surface area contributed by atoms with Crippen LogP contribution in [-0.4, -0.2) is 86.4 Å². The molecule has 554 valence electrons. The number of nitrogens with zero attached hydrogens (tertiary/aromatic N) is 12. The monoisotopic (exact) mass is 1660 g/mol. The molecule has 7 aromatic carbocycles. The predicted molar refractivity (Wildman–Crippen MR) is 451 cm³/mol. The van der Waals surface area contributed by atoms with Crippen molar-refractivity contribution in [3.05, 3.63) is 304 Å². The number of rotatable bonds is 11. The molecule has 1 aliphatic rings. The summed E-state index contributed by atoms with van der Waals surface area (Å²) in [5.74, 6) is 1.76. The van der Waals surface area contributed by atoms with Crippen molar-refractivity contribution in [2.75, 3.05) is 17.4 Å². The SMILES string of the molecule is CC(=O)Oc1c(Cl)cc(Cl)c2cccnc12.Cc1ccc2ccccc2c1/C=N/NC(=O)c1ccncc1.Cc1ccccc1/C=N/Nc1ncnc2sc3c(c12)CCCC3.Cc1nc(-c2ccccn2)nc(N(C)Cc2ccccc2)c1Cl.Oc1c(Br)cc(Cl)c2cccnc12.Oc1c(Cl)cc(Cl)c2cccnc12. The van der Waals surface area contributed by atoms with Gasteiger partial charge in [0.2, 0.25) is 0 Å². The minimum absolute atomic E-state index is 0.0262. The molecule has 1 amide bonds. The van der Waals surface area contributed by atoms with Crippen LogP contribution in [0.2, 0.25) is 30.1 Å². The lowest BCUT2D eigenvalue weighted by molar-refractivity contribution is -0.131. The number of hydrogen-bond donors (Lipinski definition) is 4. The molecule has 27 heteroatoms. The van der Waals surface area contributed by atoms with Crippen molar-refractivity contribution in [2.45, 2.75) is 59.9 Å². The van der Waals surface area contributed by atoms with E-state index in [4.69, 9.17) is 74.3 Å². The number of phenolic OH excluding ortho intramolecular Hbond substituents is 2. The van der Waals surface area contributed by atoms with Gasteiger partial charge in [-0.05, 0) is 180 Å². The first-order chi connectivity index (χ1) is 53.2. The van der Waals surface area contributed by atoms with Gasteiger partial charge in [-0.25, -0.2) is 25.4 Å². The average molecular weight is 1670 g/mol. The van der Waals surface area contributed by atoms with E-state index >= 15 is 0 Å². The van der Waals surface area contributed by atoms with E-state index in [9.17, 15) is 19.8 Å². The van der Waals surface area contributed by atoms with Crippen LogP contribution in [0.4, 0.5) is 11.6 Å². The number of carbonyl (C=O) groups is 2. The molecule has 0 saturated carbocycles. The fourth-order valence-electron chi connectivity index (χ4n) is 11.4. The minimum atomic E-state index is -0.448. The summed E-state index contributed by atoms with van der Waals surface area (Å²) in [5, 5.41) is 35.8. The molecule has 0 spiro atoms. The number of anilines is 2. The number of aryl methyl sites for hydroxylation is 5. The first-order valence-electron chi connectivity index (χ1n) is 34.0. The van der Waals surface area contributed by atoms with E-state index in [1.54, 1.807) is 110 Å². The maximum Gasteiger partial charge on any atom is 0.308 e. The highest BCUT2D eigenvalue weighted by atomic mass is 79.9. The van der Waals surface area contributed by atoms with Crippen LogP contribution in [0.15, 0.2) is 234 Å². The summed E-state index contributed by atoms with van der Waals surface area (Å²) in [7, 11) is 1.98. The maximum atomic E-state index is 11.9. The van der Waals surface area contributed by atoms with Crippen LogP contribution >= 0.6 is 96.9 Å². The number of carbonyl (C=O) groups excluding carboxylic acids is 2. The van der Waals surface area contributed by atoms with Gasteiger partial charge >= 0.3 is 5.97 Å². The first kappa shape index (κ1) is 80.2. The molecule has 0 radical (unpaired) electrons. The molecule has 0 aliphatic heterocycles. The van der Waals surface area contributed by atoms with Gasteiger partial charge in [-0.15, -0.1) is 11.3 Å². The predicted octanol–water partition coefficient (Wildman–Crippen LogP) is 21.8. The fraction of sp³-hybridized carbons (Fsp3) is 0.120. The number of hydrogen-bond acceptors (Lipinski definition) is 19. The second-order valence-electron chi connectivity index (χ2n) is 24.5. The number of pyridine rings is 5. The number of aromatic hydroxyl groups is 2. The van der Waals surface area contributed by atoms with Crippen LogP contribution < -0.4 is 20.5 Å². The van der Waals surface area contributed by atoms with E-state index < -0.39 is 5.97 Å². The lowest BCUT2D eigenvalue weighted by Crippen LogP contribution is -2.19. The lowest BCUT2D eigenvalue weighted by atomic mass is 9.97.